The summed E-state index contributed by atoms with van der Waals surface area (Å²) in [6.07, 6.45) is 0. The van der Waals surface area contributed by atoms with E-state index in [2.05, 4.69) is 218 Å². The highest BCUT2D eigenvalue weighted by molar-refractivity contribution is 7.18. The van der Waals surface area contributed by atoms with Gasteiger partial charge in [0.05, 0.1) is 11.4 Å². The number of fused-ring (bicyclic) bond motifs is 6. The molecule has 0 saturated heterocycles. The Hall–Kier alpha value is -5.88. The second-order valence-corrected chi connectivity index (χ2v) is 22.4. The van der Waals surface area contributed by atoms with Gasteiger partial charge in [-0.05, 0) is 159 Å². The molecule has 2 aliphatic heterocycles. The summed E-state index contributed by atoms with van der Waals surface area (Å²) in [5.41, 5.74) is 25.9. The Labute approximate surface area is 387 Å². The molecule has 0 amide bonds. The van der Waals surface area contributed by atoms with E-state index in [0.717, 1.165) is 0 Å². The summed E-state index contributed by atoms with van der Waals surface area (Å²) in [5, 5.41) is 7.32. The van der Waals surface area contributed by atoms with Crippen LogP contribution < -0.4 is 26.2 Å². The standard InChI is InChI=1S/C59H55BN2S2/c1-34-24-51-55-52(25-34)62(57-37(4)28-42(29-38(57)5)59(9,10)11)50-31-40(46-33-64-54-19-15-13-17-44(46)54)21-23-48(50)60(55)47-22-20-39(45-32-63-53-18-14-12-16-43(45)53)30-49(47)61(51)56-35(2)26-41(27-36(56)3)58(6,7)8/h12-33H,1-11H3. The summed E-state index contributed by atoms with van der Waals surface area (Å²) < 4.78 is 2.64. The number of nitrogens with zero attached hydrogens (tertiary/aromatic N) is 2. The van der Waals surface area contributed by atoms with E-state index in [4.69, 9.17) is 0 Å². The van der Waals surface area contributed by atoms with Crippen molar-refractivity contribution in [2.24, 2.45) is 0 Å². The fourth-order valence-electron chi connectivity index (χ4n) is 10.8. The van der Waals surface area contributed by atoms with Crippen molar-refractivity contribution in [1.82, 2.24) is 0 Å². The minimum atomic E-state index is 0.0218. The van der Waals surface area contributed by atoms with Gasteiger partial charge >= 0.3 is 0 Å². The Balaban J connectivity index is 1.23. The molecule has 64 heavy (non-hydrogen) atoms. The Morgan fingerprint density at radius 3 is 1.22 bits per heavy atom. The molecule has 2 aliphatic rings. The third kappa shape index (κ3) is 6.33. The molecular weight excluding hydrogens is 812 g/mol. The topological polar surface area (TPSA) is 6.48 Å². The monoisotopic (exact) mass is 866 g/mol. The van der Waals surface area contributed by atoms with E-state index < -0.39 is 0 Å². The molecule has 0 fully saturated rings. The van der Waals surface area contributed by atoms with Crippen LogP contribution in [0.2, 0.25) is 0 Å². The normalized spacial score (nSPS) is 13.5. The van der Waals surface area contributed by atoms with E-state index in [1.165, 1.54) is 132 Å². The minimum absolute atomic E-state index is 0.0218. The molecule has 2 nitrogen and oxygen atoms in total. The lowest BCUT2D eigenvalue weighted by Crippen LogP contribution is -2.61. The molecule has 9 aromatic rings. The molecule has 4 heterocycles. The molecule has 2 aromatic heterocycles. The summed E-state index contributed by atoms with van der Waals surface area (Å²) in [6.45, 7) is 25.6. The van der Waals surface area contributed by atoms with Gasteiger partial charge in [-0.1, -0.05) is 126 Å². The van der Waals surface area contributed by atoms with Crippen LogP contribution in [0.1, 0.15) is 80.5 Å². The van der Waals surface area contributed by atoms with Crippen LogP contribution in [0.15, 0.2) is 132 Å². The minimum Gasteiger partial charge on any atom is -0.311 e. The van der Waals surface area contributed by atoms with E-state index in [1.54, 1.807) is 0 Å². The van der Waals surface area contributed by atoms with E-state index in [9.17, 15) is 0 Å². The van der Waals surface area contributed by atoms with E-state index >= 15 is 0 Å². The molecule has 316 valence electrons. The second-order valence-electron chi connectivity index (χ2n) is 20.6. The first-order valence-electron chi connectivity index (χ1n) is 22.8. The molecule has 5 heteroatoms. The third-order valence-corrected chi connectivity index (χ3v) is 15.9. The maximum absolute atomic E-state index is 2.64. The van der Waals surface area contributed by atoms with Crippen LogP contribution in [0.25, 0.3) is 42.4 Å². The molecule has 0 N–H and O–H groups in total. The van der Waals surface area contributed by atoms with Gasteiger partial charge < -0.3 is 9.80 Å². The van der Waals surface area contributed by atoms with Crippen molar-refractivity contribution < 1.29 is 0 Å². The molecule has 0 radical (unpaired) electrons. The maximum atomic E-state index is 2.64. The van der Waals surface area contributed by atoms with E-state index in [1.807, 2.05) is 22.7 Å². The molecule has 0 bridgehead atoms. The summed E-state index contributed by atoms with van der Waals surface area (Å²) in [6, 6.07) is 47.1. The average molecular weight is 867 g/mol. The van der Waals surface area contributed by atoms with Crippen molar-refractivity contribution in [3.05, 3.63) is 171 Å². The number of thiophene rings is 2. The van der Waals surface area contributed by atoms with Crippen LogP contribution in [0.4, 0.5) is 34.1 Å². The zero-order valence-electron chi connectivity index (χ0n) is 39.0. The third-order valence-electron chi connectivity index (χ3n) is 14.0. The summed E-state index contributed by atoms with van der Waals surface area (Å²) >= 11 is 3.67. The van der Waals surface area contributed by atoms with Gasteiger partial charge in [-0.15, -0.1) is 22.7 Å². The first-order valence-corrected chi connectivity index (χ1v) is 24.5. The molecule has 0 unspecified atom stereocenters. The summed E-state index contributed by atoms with van der Waals surface area (Å²) in [4.78, 5) is 5.29. The van der Waals surface area contributed by atoms with Crippen LogP contribution in [-0.2, 0) is 10.8 Å². The highest BCUT2D eigenvalue weighted by Crippen LogP contribution is 2.50. The summed E-state index contributed by atoms with van der Waals surface area (Å²) in [5.74, 6) is 0. The lowest BCUT2D eigenvalue weighted by Gasteiger charge is -2.46. The lowest BCUT2D eigenvalue weighted by atomic mass is 9.33. The van der Waals surface area contributed by atoms with Gasteiger partial charge in [-0.2, -0.15) is 0 Å². The second kappa shape index (κ2) is 14.6. The predicted octanol–water partition coefficient (Wildman–Crippen LogP) is 15.7. The first-order chi connectivity index (χ1) is 30.6. The largest absolute Gasteiger partial charge is 0.311 e. The number of hydrogen-bond donors (Lipinski definition) is 0. The van der Waals surface area contributed by atoms with Gasteiger partial charge in [0, 0.05) is 54.0 Å². The van der Waals surface area contributed by atoms with Crippen molar-refractivity contribution >= 4 is 100 Å². The highest BCUT2D eigenvalue weighted by atomic mass is 32.1. The molecule has 7 aromatic carbocycles. The van der Waals surface area contributed by atoms with Gasteiger partial charge in [-0.3, -0.25) is 0 Å². The maximum Gasteiger partial charge on any atom is 0.252 e. The SMILES string of the molecule is Cc1cc2c3c(c1)N(c1c(C)cc(C(C)(C)C)cc1C)c1cc(-c4csc5ccccc45)ccc1B3c1ccc(-c3csc4ccccc34)cc1N2c1c(C)cc(C(C)(C)C)cc1C. The van der Waals surface area contributed by atoms with Crippen molar-refractivity contribution in [2.75, 3.05) is 9.80 Å². The van der Waals surface area contributed by atoms with Gasteiger partial charge in [0.1, 0.15) is 0 Å². The number of hydrogen-bond acceptors (Lipinski definition) is 4. The number of aryl methyl sites for hydroxylation is 5. The lowest BCUT2D eigenvalue weighted by molar-refractivity contribution is 0.589. The average Bonchev–Trinajstić information content (AvgIpc) is 3.88. The molecule has 0 aliphatic carbocycles. The van der Waals surface area contributed by atoms with Crippen molar-refractivity contribution in [2.45, 2.75) is 87.0 Å². The molecule has 11 rings (SSSR count). The Morgan fingerprint density at radius 2 is 0.828 bits per heavy atom. The van der Waals surface area contributed by atoms with Crippen LogP contribution in [0.5, 0.6) is 0 Å². The van der Waals surface area contributed by atoms with Gasteiger partial charge in [0.15, 0.2) is 0 Å². The molecule has 0 atom stereocenters. The Morgan fingerprint density at radius 1 is 0.438 bits per heavy atom. The zero-order chi connectivity index (χ0) is 44.6. The van der Waals surface area contributed by atoms with Gasteiger partial charge in [0.2, 0.25) is 0 Å². The number of rotatable bonds is 4. The fraction of sp³-hybridized carbons (Fsp3) is 0.220. The molecule has 0 saturated carbocycles. The first kappa shape index (κ1) is 40.9. The van der Waals surface area contributed by atoms with Crippen LogP contribution >= 0.6 is 22.7 Å². The van der Waals surface area contributed by atoms with Crippen molar-refractivity contribution in [3.63, 3.8) is 0 Å². The molecular formula is C59H55BN2S2. The Kier molecular flexibility index (Phi) is 9.31. The Bertz CT molecular complexity index is 3120. The molecule has 0 spiro atoms. The fourth-order valence-corrected chi connectivity index (χ4v) is 12.8. The highest BCUT2D eigenvalue weighted by Gasteiger charge is 2.45. The number of benzene rings is 7. The van der Waals surface area contributed by atoms with Crippen LogP contribution in [0.3, 0.4) is 0 Å². The van der Waals surface area contributed by atoms with Crippen LogP contribution in [-0.4, -0.2) is 6.71 Å². The zero-order valence-corrected chi connectivity index (χ0v) is 40.6. The quantitative estimate of drug-likeness (QED) is 0.163. The predicted molar refractivity (Wildman–Crippen MR) is 283 cm³/mol. The number of anilines is 6. The van der Waals surface area contributed by atoms with Crippen LogP contribution in [0, 0.1) is 34.6 Å². The van der Waals surface area contributed by atoms with Gasteiger partial charge in [-0.25, -0.2) is 0 Å². The van der Waals surface area contributed by atoms with Crippen molar-refractivity contribution in [3.8, 4) is 22.3 Å². The summed E-state index contributed by atoms with van der Waals surface area (Å²) in [7, 11) is 0. The van der Waals surface area contributed by atoms with E-state index in [0.29, 0.717) is 0 Å². The smallest absolute Gasteiger partial charge is 0.252 e. The van der Waals surface area contributed by atoms with Gasteiger partial charge in [0.25, 0.3) is 6.71 Å². The van der Waals surface area contributed by atoms with E-state index in [-0.39, 0.29) is 17.5 Å². The van der Waals surface area contributed by atoms with Crippen molar-refractivity contribution in [1.29, 1.82) is 0 Å².